The zero-order valence-corrected chi connectivity index (χ0v) is 11.0. The van der Waals surface area contributed by atoms with Gasteiger partial charge < -0.3 is 10.6 Å². The topological polar surface area (TPSA) is 93.4 Å². The second kappa shape index (κ2) is 5.49. The van der Waals surface area contributed by atoms with Gasteiger partial charge in [0.05, 0.1) is 0 Å². The first-order valence-corrected chi connectivity index (χ1v) is 6.06. The molecule has 0 bridgehead atoms. The Bertz CT molecular complexity index is 743. The van der Waals surface area contributed by atoms with Crippen molar-refractivity contribution >= 4 is 17.6 Å². The van der Waals surface area contributed by atoms with Crippen LogP contribution in [0.5, 0.6) is 0 Å². The van der Waals surface area contributed by atoms with Crippen LogP contribution < -0.4 is 10.6 Å². The van der Waals surface area contributed by atoms with Gasteiger partial charge in [0.25, 0.3) is 5.95 Å². The molecule has 0 spiro atoms. The molecule has 0 amide bonds. The van der Waals surface area contributed by atoms with E-state index in [9.17, 15) is 4.39 Å². The maximum atomic E-state index is 13.2. The second-order valence-electron chi connectivity index (χ2n) is 4.01. The van der Waals surface area contributed by atoms with Crippen LogP contribution in [0.4, 0.5) is 22.0 Å². The van der Waals surface area contributed by atoms with Gasteiger partial charge in [0.15, 0.2) is 0 Å². The molecule has 0 fully saturated rings. The predicted molar refractivity (Wildman–Crippen MR) is 74.0 cm³/mol. The fraction of sp³-hybridized carbons (Fsp3) is 0.0833. The summed E-state index contributed by atoms with van der Waals surface area (Å²) in [5.74, 6) is 0.574. The van der Waals surface area contributed by atoms with Gasteiger partial charge in [0.1, 0.15) is 18.5 Å². The third-order valence-electron chi connectivity index (χ3n) is 2.55. The van der Waals surface area contributed by atoms with Gasteiger partial charge in [-0.15, -0.1) is 0 Å². The third-order valence-corrected chi connectivity index (χ3v) is 2.55. The van der Waals surface area contributed by atoms with Gasteiger partial charge in [-0.2, -0.15) is 24.7 Å². The van der Waals surface area contributed by atoms with E-state index in [4.69, 9.17) is 0 Å². The Kier molecular flexibility index (Phi) is 3.37. The Morgan fingerprint density at radius 2 is 2.00 bits per heavy atom. The predicted octanol–water partition coefficient (Wildman–Crippen LogP) is 1.38. The molecule has 0 aliphatic heterocycles. The number of halogens is 1. The summed E-state index contributed by atoms with van der Waals surface area (Å²) in [5, 5.41) is 9.71. The fourth-order valence-corrected chi connectivity index (χ4v) is 1.64. The molecular weight excluding hydrogens is 275 g/mol. The number of hydrogen-bond donors (Lipinski definition) is 2. The number of rotatable bonds is 4. The standard InChI is InChI=1S/C12H11FN8/c1-14-10-18-11(17-9-4-2-3-8(13)5-9)20-12(19-10)21-7-15-6-16-21/h2-7H,1H3,(H2,14,17,18,19,20). The fourth-order valence-electron chi connectivity index (χ4n) is 1.64. The van der Waals surface area contributed by atoms with Crippen molar-refractivity contribution in [2.45, 2.75) is 0 Å². The van der Waals surface area contributed by atoms with Gasteiger partial charge in [-0.3, -0.25) is 0 Å². The average molecular weight is 286 g/mol. The summed E-state index contributed by atoms with van der Waals surface area (Å²) in [6, 6.07) is 6.01. The summed E-state index contributed by atoms with van der Waals surface area (Å²) in [6.45, 7) is 0. The highest BCUT2D eigenvalue weighted by Gasteiger charge is 2.08. The summed E-state index contributed by atoms with van der Waals surface area (Å²) >= 11 is 0. The van der Waals surface area contributed by atoms with Crippen molar-refractivity contribution in [2.24, 2.45) is 0 Å². The van der Waals surface area contributed by atoms with Gasteiger partial charge in [-0.25, -0.2) is 9.37 Å². The second-order valence-corrected chi connectivity index (χ2v) is 4.01. The van der Waals surface area contributed by atoms with Crippen LogP contribution in [0, 0.1) is 5.82 Å². The summed E-state index contributed by atoms with van der Waals surface area (Å²) in [7, 11) is 1.69. The zero-order valence-electron chi connectivity index (χ0n) is 11.0. The molecule has 2 N–H and O–H groups in total. The van der Waals surface area contributed by atoms with E-state index in [1.165, 1.54) is 29.5 Å². The first-order chi connectivity index (χ1) is 10.2. The monoisotopic (exact) mass is 286 g/mol. The van der Waals surface area contributed by atoms with Crippen molar-refractivity contribution < 1.29 is 4.39 Å². The molecule has 2 aromatic heterocycles. The molecule has 2 heterocycles. The molecule has 0 aliphatic carbocycles. The van der Waals surface area contributed by atoms with E-state index < -0.39 is 0 Å². The zero-order chi connectivity index (χ0) is 14.7. The van der Waals surface area contributed by atoms with Crippen LogP contribution in [0.2, 0.25) is 0 Å². The quantitative estimate of drug-likeness (QED) is 0.748. The van der Waals surface area contributed by atoms with Crippen LogP contribution in [0.1, 0.15) is 0 Å². The molecule has 0 aliphatic rings. The Hall–Kier alpha value is -3.10. The molecule has 1 aromatic carbocycles. The SMILES string of the molecule is CNc1nc(Nc2cccc(F)c2)nc(-n2cncn2)n1. The van der Waals surface area contributed by atoms with Gasteiger partial charge in [-0.1, -0.05) is 6.07 Å². The molecule has 21 heavy (non-hydrogen) atoms. The van der Waals surface area contributed by atoms with E-state index >= 15 is 0 Å². The highest BCUT2D eigenvalue weighted by atomic mass is 19.1. The molecule has 3 rings (SSSR count). The van der Waals surface area contributed by atoms with Gasteiger partial charge >= 0.3 is 0 Å². The molecule has 0 saturated carbocycles. The van der Waals surface area contributed by atoms with E-state index in [0.717, 1.165) is 0 Å². The molecule has 0 radical (unpaired) electrons. The highest BCUT2D eigenvalue weighted by molar-refractivity contribution is 5.54. The van der Waals surface area contributed by atoms with Crippen LogP contribution in [0.3, 0.4) is 0 Å². The number of nitrogens with one attached hydrogen (secondary N) is 2. The molecule has 3 aromatic rings. The first kappa shape index (κ1) is 12.9. The maximum Gasteiger partial charge on any atom is 0.258 e. The largest absolute Gasteiger partial charge is 0.357 e. The Morgan fingerprint density at radius 1 is 1.14 bits per heavy atom. The van der Waals surface area contributed by atoms with Crippen molar-refractivity contribution in [1.29, 1.82) is 0 Å². The molecule has 8 nitrogen and oxygen atoms in total. The van der Waals surface area contributed by atoms with Gasteiger partial charge in [-0.05, 0) is 18.2 Å². The van der Waals surface area contributed by atoms with Crippen molar-refractivity contribution in [3.05, 3.63) is 42.7 Å². The molecule has 9 heteroatoms. The summed E-state index contributed by atoms with van der Waals surface area (Å²) in [4.78, 5) is 16.4. The number of nitrogens with zero attached hydrogens (tertiary/aromatic N) is 6. The first-order valence-electron chi connectivity index (χ1n) is 6.06. The number of benzene rings is 1. The highest BCUT2D eigenvalue weighted by Crippen LogP contribution is 2.15. The van der Waals surface area contributed by atoms with Crippen molar-refractivity contribution in [3.63, 3.8) is 0 Å². The maximum absolute atomic E-state index is 13.2. The lowest BCUT2D eigenvalue weighted by atomic mass is 10.3. The molecule has 106 valence electrons. The average Bonchev–Trinajstić information content (AvgIpc) is 3.01. The van der Waals surface area contributed by atoms with Crippen LogP contribution in [-0.4, -0.2) is 36.8 Å². The van der Waals surface area contributed by atoms with Crippen molar-refractivity contribution in [3.8, 4) is 5.95 Å². The Labute approximate surface area is 119 Å². The molecule has 0 unspecified atom stereocenters. The van der Waals surface area contributed by atoms with Crippen molar-refractivity contribution in [2.75, 3.05) is 17.7 Å². The normalized spacial score (nSPS) is 10.4. The lowest BCUT2D eigenvalue weighted by Crippen LogP contribution is -2.09. The van der Waals surface area contributed by atoms with Crippen LogP contribution >= 0.6 is 0 Å². The van der Waals surface area contributed by atoms with Crippen LogP contribution in [0.25, 0.3) is 5.95 Å². The van der Waals surface area contributed by atoms with Crippen LogP contribution in [0.15, 0.2) is 36.9 Å². The minimum atomic E-state index is -0.348. The molecular formula is C12H11FN8. The summed E-state index contributed by atoms with van der Waals surface area (Å²) < 4.78 is 14.6. The van der Waals surface area contributed by atoms with Gasteiger partial charge in [0, 0.05) is 12.7 Å². The van der Waals surface area contributed by atoms with Gasteiger partial charge in [0.2, 0.25) is 11.9 Å². The summed E-state index contributed by atoms with van der Waals surface area (Å²) in [5.41, 5.74) is 0.535. The lowest BCUT2D eigenvalue weighted by Gasteiger charge is -2.08. The van der Waals surface area contributed by atoms with E-state index in [1.807, 2.05) is 0 Å². The number of anilines is 3. The summed E-state index contributed by atoms with van der Waals surface area (Å²) in [6.07, 6.45) is 2.85. The lowest BCUT2D eigenvalue weighted by molar-refractivity contribution is 0.628. The molecule has 0 atom stereocenters. The molecule has 0 saturated heterocycles. The van der Waals surface area contributed by atoms with E-state index in [1.54, 1.807) is 19.2 Å². The Balaban J connectivity index is 1.96. The van der Waals surface area contributed by atoms with E-state index in [-0.39, 0.29) is 11.8 Å². The third kappa shape index (κ3) is 2.91. The minimum absolute atomic E-state index is 0.269. The Morgan fingerprint density at radius 3 is 2.71 bits per heavy atom. The van der Waals surface area contributed by atoms with Crippen LogP contribution in [-0.2, 0) is 0 Å². The number of hydrogen-bond acceptors (Lipinski definition) is 7. The number of aromatic nitrogens is 6. The van der Waals surface area contributed by atoms with E-state index in [2.05, 4.69) is 35.7 Å². The van der Waals surface area contributed by atoms with Crippen molar-refractivity contribution in [1.82, 2.24) is 29.7 Å². The minimum Gasteiger partial charge on any atom is -0.357 e. The van der Waals surface area contributed by atoms with E-state index in [0.29, 0.717) is 17.6 Å². The smallest absolute Gasteiger partial charge is 0.258 e.